The van der Waals surface area contributed by atoms with Crippen LogP contribution in [0, 0.1) is 0 Å². The smallest absolute Gasteiger partial charge is 0.178 e. The Hall–Kier alpha value is -1.55. The summed E-state index contributed by atoms with van der Waals surface area (Å²) in [6.07, 6.45) is 0. The van der Waals surface area contributed by atoms with Crippen molar-refractivity contribution in [3.63, 3.8) is 0 Å². The van der Waals surface area contributed by atoms with E-state index < -0.39 is 5.72 Å². The SMILES string of the molecule is [N-]=[N+]=N[C@]1(CO)OC[C@H]1c1ccccc1. The van der Waals surface area contributed by atoms with Gasteiger partial charge in [0.25, 0.3) is 0 Å². The van der Waals surface area contributed by atoms with Crippen molar-refractivity contribution in [2.24, 2.45) is 5.11 Å². The van der Waals surface area contributed by atoms with E-state index in [-0.39, 0.29) is 12.5 Å². The van der Waals surface area contributed by atoms with Crippen LogP contribution in [0.4, 0.5) is 0 Å². The van der Waals surface area contributed by atoms with Crippen LogP contribution >= 0.6 is 0 Å². The van der Waals surface area contributed by atoms with Crippen molar-refractivity contribution in [1.82, 2.24) is 0 Å². The van der Waals surface area contributed by atoms with Gasteiger partial charge in [-0.3, -0.25) is 0 Å². The molecular weight excluding hydrogens is 194 g/mol. The van der Waals surface area contributed by atoms with Gasteiger partial charge >= 0.3 is 0 Å². The van der Waals surface area contributed by atoms with Crippen molar-refractivity contribution in [2.45, 2.75) is 11.6 Å². The Bertz CT molecular complexity index is 385. The minimum absolute atomic E-state index is 0.0559. The standard InChI is InChI=1S/C10H11N3O2/c11-13-12-10(7-14)9(6-15-10)8-4-2-1-3-5-8/h1-5,9,14H,6-7H2/t9-,10+/m0/s1. The Balaban J connectivity index is 2.28. The lowest BCUT2D eigenvalue weighted by atomic mass is 9.85. The highest BCUT2D eigenvalue weighted by Gasteiger charge is 2.48. The highest BCUT2D eigenvalue weighted by Crippen LogP contribution is 2.41. The van der Waals surface area contributed by atoms with E-state index in [0.29, 0.717) is 6.61 Å². The van der Waals surface area contributed by atoms with Gasteiger partial charge in [0.2, 0.25) is 0 Å². The Morgan fingerprint density at radius 2 is 2.27 bits per heavy atom. The lowest BCUT2D eigenvalue weighted by Crippen LogP contribution is -2.52. The van der Waals surface area contributed by atoms with Crippen LogP contribution in [0.2, 0.25) is 0 Å². The molecule has 0 spiro atoms. The number of hydrogen-bond donors (Lipinski definition) is 1. The predicted octanol–water partition coefficient (Wildman–Crippen LogP) is 1.80. The summed E-state index contributed by atoms with van der Waals surface area (Å²) in [6, 6.07) is 9.60. The fraction of sp³-hybridized carbons (Fsp3) is 0.400. The lowest BCUT2D eigenvalue weighted by Gasteiger charge is -2.44. The van der Waals surface area contributed by atoms with Crippen LogP contribution in [0.25, 0.3) is 10.4 Å². The van der Waals surface area contributed by atoms with Crippen LogP contribution in [0.15, 0.2) is 35.4 Å². The third-order valence-electron chi connectivity index (χ3n) is 2.69. The zero-order chi connectivity index (χ0) is 10.7. The van der Waals surface area contributed by atoms with Gasteiger partial charge in [-0.15, -0.1) is 0 Å². The molecule has 1 aromatic carbocycles. The molecule has 0 unspecified atom stereocenters. The van der Waals surface area contributed by atoms with E-state index in [1.165, 1.54) is 0 Å². The highest BCUT2D eigenvalue weighted by molar-refractivity contribution is 5.25. The molecule has 1 N–H and O–H groups in total. The monoisotopic (exact) mass is 205 g/mol. The van der Waals surface area contributed by atoms with E-state index >= 15 is 0 Å². The van der Waals surface area contributed by atoms with Crippen molar-refractivity contribution in [3.8, 4) is 0 Å². The van der Waals surface area contributed by atoms with Gasteiger partial charge in [-0.2, -0.15) is 0 Å². The van der Waals surface area contributed by atoms with Crippen LogP contribution in [-0.2, 0) is 4.74 Å². The van der Waals surface area contributed by atoms with Crippen molar-refractivity contribution in [2.75, 3.05) is 13.2 Å². The molecule has 1 aliphatic rings. The second-order valence-electron chi connectivity index (χ2n) is 3.47. The molecule has 5 heteroatoms. The Kier molecular flexibility index (Phi) is 2.60. The molecular formula is C10H11N3O2. The average Bonchev–Trinajstić information content (AvgIpc) is 2.26. The summed E-state index contributed by atoms with van der Waals surface area (Å²) in [5, 5.41) is 12.8. The van der Waals surface area contributed by atoms with Gasteiger partial charge in [0.15, 0.2) is 5.72 Å². The first-order valence-corrected chi connectivity index (χ1v) is 4.68. The lowest BCUT2D eigenvalue weighted by molar-refractivity contribution is -0.187. The Morgan fingerprint density at radius 3 is 2.73 bits per heavy atom. The van der Waals surface area contributed by atoms with Crippen LogP contribution in [0.1, 0.15) is 11.5 Å². The first kappa shape index (κ1) is 9.98. The summed E-state index contributed by atoms with van der Waals surface area (Å²) in [6.45, 7) is 0.181. The summed E-state index contributed by atoms with van der Waals surface area (Å²) in [4.78, 5) is 2.72. The molecule has 0 bridgehead atoms. The van der Waals surface area contributed by atoms with Gasteiger partial charge in [-0.1, -0.05) is 35.4 Å². The first-order chi connectivity index (χ1) is 7.32. The summed E-state index contributed by atoms with van der Waals surface area (Å²) in [7, 11) is 0. The molecule has 0 aromatic heterocycles. The van der Waals surface area contributed by atoms with E-state index in [0.717, 1.165) is 5.56 Å². The molecule has 1 aliphatic heterocycles. The Labute approximate surface area is 86.9 Å². The van der Waals surface area contributed by atoms with Crippen LogP contribution in [0.3, 0.4) is 0 Å². The van der Waals surface area contributed by atoms with Crippen molar-refractivity contribution >= 4 is 0 Å². The molecule has 1 fully saturated rings. The van der Waals surface area contributed by atoms with E-state index in [1.807, 2.05) is 30.3 Å². The fourth-order valence-electron chi connectivity index (χ4n) is 1.76. The minimum Gasteiger partial charge on any atom is -0.393 e. The van der Waals surface area contributed by atoms with Gasteiger partial charge in [0, 0.05) is 10.8 Å². The number of hydrogen-bond acceptors (Lipinski definition) is 3. The molecule has 2 rings (SSSR count). The van der Waals surface area contributed by atoms with Gasteiger partial charge < -0.3 is 9.84 Å². The highest BCUT2D eigenvalue weighted by atomic mass is 16.6. The number of aliphatic hydroxyl groups excluding tert-OH is 1. The number of nitrogens with zero attached hydrogens (tertiary/aromatic N) is 3. The zero-order valence-electron chi connectivity index (χ0n) is 8.08. The quantitative estimate of drug-likeness (QED) is 0.464. The topological polar surface area (TPSA) is 78.2 Å². The van der Waals surface area contributed by atoms with Crippen molar-refractivity contribution in [1.29, 1.82) is 0 Å². The summed E-state index contributed by atoms with van der Waals surface area (Å²) >= 11 is 0. The summed E-state index contributed by atoms with van der Waals surface area (Å²) in [5.74, 6) is -0.0559. The third kappa shape index (κ3) is 1.57. The zero-order valence-corrected chi connectivity index (χ0v) is 8.08. The van der Waals surface area contributed by atoms with Gasteiger partial charge in [0.1, 0.15) is 0 Å². The number of azide groups is 1. The maximum Gasteiger partial charge on any atom is 0.178 e. The largest absolute Gasteiger partial charge is 0.393 e. The molecule has 1 saturated heterocycles. The normalized spacial score (nSPS) is 29.0. The molecule has 0 saturated carbocycles. The number of ether oxygens (including phenoxy) is 1. The number of benzene rings is 1. The average molecular weight is 205 g/mol. The molecule has 0 amide bonds. The second kappa shape index (κ2) is 3.90. The molecule has 15 heavy (non-hydrogen) atoms. The fourth-order valence-corrected chi connectivity index (χ4v) is 1.76. The molecule has 78 valence electrons. The van der Waals surface area contributed by atoms with Crippen LogP contribution in [0.5, 0.6) is 0 Å². The van der Waals surface area contributed by atoms with E-state index in [1.54, 1.807) is 0 Å². The number of aliphatic hydroxyl groups is 1. The minimum atomic E-state index is -1.10. The van der Waals surface area contributed by atoms with Crippen molar-refractivity contribution in [3.05, 3.63) is 46.3 Å². The van der Waals surface area contributed by atoms with Gasteiger partial charge in [-0.05, 0) is 11.1 Å². The van der Waals surface area contributed by atoms with Crippen LogP contribution < -0.4 is 0 Å². The second-order valence-corrected chi connectivity index (χ2v) is 3.47. The van der Waals surface area contributed by atoms with E-state index in [4.69, 9.17) is 10.3 Å². The Morgan fingerprint density at radius 1 is 1.53 bits per heavy atom. The van der Waals surface area contributed by atoms with Gasteiger partial charge in [0.05, 0.1) is 13.2 Å². The van der Waals surface area contributed by atoms with E-state index in [2.05, 4.69) is 10.0 Å². The molecule has 1 heterocycles. The molecule has 1 aromatic rings. The third-order valence-corrected chi connectivity index (χ3v) is 2.69. The van der Waals surface area contributed by atoms with Crippen LogP contribution in [-0.4, -0.2) is 24.0 Å². The molecule has 5 nitrogen and oxygen atoms in total. The summed E-state index contributed by atoms with van der Waals surface area (Å²) < 4.78 is 5.20. The number of rotatable bonds is 3. The summed E-state index contributed by atoms with van der Waals surface area (Å²) in [5.41, 5.74) is 8.35. The van der Waals surface area contributed by atoms with Crippen molar-refractivity contribution < 1.29 is 9.84 Å². The first-order valence-electron chi connectivity index (χ1n) is 4.68. The molecule has 0 radical (unpaired) electrons. The predicted molar refractivity (Wildman–Crippen MR) is 54.1 cm³/mol. The molecule has 2 atom stereocenters. The maximum absolute atomic E-state index is 9.21. The van der Waals surface area contributed by atoms with E-state index in [9.17, 15) is 5.11 Å². The maximum atomic E-state index is 9.21. The molecule has 0 aliphatic carbocycles. The van der Waals surface area contributed by atoms with Gasteiger partial charge in [-0.25, -0.2) is 0 Å².